The predicted molar refractivity (Wildman–Crippen MR) is 249 cm³/mol. The van der Waals surface area contributed by atoms with Crippen molar-refractivity contribution in [1.29, 1.82) is 0 Å². The zero-order valence-electron chi connectivity index (χ0n) is 39.2. The maximum Gasteiger partial charge on any atom is 0.458 e. The molecule has 2 nitrogen and oxygen atoms in total. The van der Waals surface area contributed by atoms with Gasteiger partial charge in [0.25, 0.3) is 0 Å². The molecule has 0 heterocycles. The zero-order valence-corrected chi connectivity index (χ0v) is 41.2. The second-order valence-electron chi connectivity index (χ2n) is 18.9. The third kappa shape index (κ3) is 10.4. The molecule has 0 saturated heterocycles. The van der Waals surface area contributed by atoms with Gasteiger partial charge in [0.15, 0.2) is 0 Å². The molecule has 0 amide bonds. The van der Waals surface area contributed by atoms with Crippen LogP contribution in [-0.2, 0) is 9.47 Å². The monoisotopic (exact) mass is 1000 g/mol. The predicted octanol–water partition coefficient (Wildman–Crippen LogP) is 17.1. The van der Waals surface area contributed by atoms with E-state index in [2.05, 4.69) is 32.4 Å². The molecule has 5 rings (SSSR count). The van der Waals surface area contributed by atoms with Gasteiger partial charge >= 0.3 is 36.2 Å². The highest BCUT2D eigenvalue weighted by atomic mass is 28.3. The maximum absolute atomic E-state index is 14.8. The van der Waals surface area contributed by atoms with E-state index in [9.17, 15) is 57.1 Å². The van der Waals surface area contributed by atoms with Crippen LogP contribution in [0.2, 0.25) is 34.3 Å². The Morgan fingerprint density at radius 2 is 0.706 bits per heavy atom. The van der Waals surface area contributed by atoms with Crippen LogP contribution in [0.3, 0.4) is 0 Å². The fourth-order valence-corrected chi connectivity index (χ4v) is 17.9. The molecule has 370 valence electrons. The highest BCUT2D eigenvalue weighted by Crippen LogP contribution is 2.49. The normalized spacial score (nSPS) is 14.6. The van der Waals surface area contributed by atoms with Crippen LogP contribution in [0.5, 0.6) is 0 Å². The van der Waals surface area contributed by atoms with Gasteiger partial charge in [-0.25, -0.2) is 8.78 Å². The fraction of sp³-hybridized carbons (Fsp3) is 0.490. The van der Waals surface area contributed by atoms with Crippen molar-refractivity contribution in [1.82, 2.24) is 0 Å². The van der Waals surface area contributed by atoms with Crippen LogP contribution in [-0.4, -0.2) is 65.5 Å². The number of fused-ring (bicyclic) bond motifs is 4. The average Bonchev–Trinajstić information content (AvgIpc) is 3.22. The van der Waals surface area contributed by atoms with Crippen LogP contribution in [0.25, 0.3) is 43.1 Å². The minimum absolute atomic E-state index is 0.0952. The van der Waals surface area contributed by atoms with E-state index in [1.165, 1.54) is 0 Å². The molecule has 0 spiro atoms. The molecule has 0 N–H and O–H groups in total. The number of alkyl halides is 13. The van der Waals surface area contributed by atoms with Gasteiger partial charge in [0.2, 0.25) is 0 Å². The van der Waals surface area contributed by atoms with Crippen molar-refractivity contribution in [2.75, 3.05) is 13.2 Å². The summed E-state index contributed by atoms with van der Waals surface area (Å²) in [6.07, 6.45) is -19.2. The number of hydrogen-bond acceptors (Lipinski definition) is 2. The van der Waals surface area contributed by atoms with Crippen LogP contribution >= 0.6 is 0 Å². The van der Waals surface area contributed by atoms with Crippen LogP contribution in [0.1, 0.15) is 86.3 Å². The van der Waals surface area contributed by atoms with E-state index in [-0.39, 0.29) is 54.0 Å². The van der Waals surface area contributed by atoms with Gasteiger partial charge < -0.3 is 9.47 Å². The van der Waals surface area contributed by atoms with Gasteiger partial charge in [-0.2, -0.15) is 48.3 Å². The molecule has 0 aromatic heterocycles. The molecule has 5 aromatic rings. The van der Waals surface area contributed by atoms with E-state index in [0.29, 0.717) is 32.7 Å². The van der Waals surface area contributed by atoms with Crippen LogP contribution in [0.15, 0.2) is 72.8 Å². The molecule has 0 bridgehead atoms. The molecular formula is C51H55F13O2Si2. The third-order valence-corrected chi connectivity index (χ3v) is 25.3. The molecule has 0 fully saturated rings. The lowest BCUT2D eigenvalue weighted by atomic mass is 9.89. The standard InChI is InChI=1S/C51H55F13O2Si2/c1-32(2)67(33(3)4,24-14-22-65-47(54,46(9,52)53)49(56,57)58)26-20-40-42-28-36-16-10-12-18-38(36)30-44(42)41(45-31-39-19-13-11-17-37(39)29-43(40)45)21-27-68(34(5)6,35(7)8)25-15-23-66-48(55,50(59,60)61)51(62,63)64/h10-13,16-19,28-35H,14-15,22-25H2,1-9H3. The summed E-state index contributed by atoms with van der Waals surface area (Å²) in [5.41, 5.74) is 7.85. The van der Waals surface area contributed by atoms with E-state index in [4.69, 9.17) is 0 Å². The molecule has 0 aliphatic carbocycles. The molecule has 68 heavy (non-hydrogen) atoms. The lowest BCUT2D eigenvalue weighted by Crippen LogP contribution is -2.56. The summed E-state index contributed by atoms with van der Waals surface area (Å²) in [4.78, 5) is 0. The lowest BCUT2D eigenvalue weighted by Gasteiger charge is -2.35. The molecule has 0 radical (unpaired) electrons. The van der Waals surface area contributed by atoms with Crippen molar-refractivity contribution < 1.29 is 66.5 Å². The van der Waals surface area contributed by atoms with Gasteiger partial charge in [-0.15, -0.1) is 11.1 Å². The Hall–Kier alpha value is -4.30. The largest absolute Gasteiger partial charge is 0.458 e. The summed E-state index contributed by atoms with van der Waals surface area (Å²) in [5, 5.41) is 6.22. The smallest absolute Gasteiger partial charge is 0.334 e. The average molecular weight is 1000 g/mol. The first-order valence-corrected chi connectivity index (χ1v) is 27.1. The van der Waals surface area contributed by atoms with E-state index >= 15 is 0 Å². The van der Waals surface area contributed by atoms with Crippen molar-refractivity contribution in [3.63, 3.8) is 0 Å². The topological polar surface area (TPSA) is 18.5 Å². The van der Waals surface area contributed by atoms with Gasteiger partial charge in [-0.1, -0.05) is 116 Å². The highest BCUT2D eigenvalue weighted by Gasteiger charge is 2.74. The minimum Gasteiger partial charge on any atom is -0.334 e. The van der Waals surface area contributed by atoms with Gasteiger partial charge in [0.1, 0.15) is 16.1 Å². The van der Waals surface area contributed by atoms with E-state index in [1.54, 1.807) is 0 Å². The third-order valence-electron chi connectivity index (χ3n) is 13.5. The van der Waals surface area contributed by atoms with Crippen molar-refractivity contribution in [2.24, 2.45) is 0 Å². The van der Waals surface area contributed by atoms with Crippen LogP contribution in [0, 0.1) is 22.9 Å². The summed E-state index contributed by atoms with van der Waals surface area (Å²) in [6, 6.07) is 23.4. The Balaban J connectivity index is 1.74. The molecule has 0 aliphatic rings. The maximum atomic E-state index is 14.8. The van der Waals surface area contributed by atoms with Crippen molar-refractivity contribution >= 4 is 59.2 Å². The van der Waals surface area contributed by atoms with Gasteiger partial charge in [0, 0.05) is 18.1 Å². The summed E-state index contributed by atoms with van der Waals surface area (Å²) < 4.78 is 186. The number of ether oxygens (including phenoxy) is 2. The van der Waals surface area contributed by atoms with E-state index < -0.39 is 65.5 Å². The quantitative estimate of drug-likeness (QED) is 0.0342. The summed E-state index contributed by atoms with van der Waals surface area (Å²) in [7, 11) is -5.96. The summed E-state index contributed by atoms with van der Waals surface area (Å²) in [6.45, 7) is 13.1. The van der Waals surface area contributed by atoms with Crippen LogP contribution < -0.4 is 0 Å². The molecule has 5 aromatic carbocycles. The minimum atomic E-state index is -6.36. The second-order valence-corrected chi connectivity index (χ2v) is 29.2. The van der Waals surface area contributed by atoms with Gasteiger partial charge in [0.05, 0.1) is 13.2 Å². The van der Waals surface area contributed by atoms with Crippen molar-refractivity contribution in [3.8, 4) is 22.9 Å². The van der Waals surface area contributed by atoms with Crippen LogP contribution in [0.4, 0.5) is 57.1 Å². The molecule has 1 atom stereocenters. The van der Waals surface area contributed by atoms with Crippen molar-refractivity contribution in [2.45, 2.75) is 146 Å². The Morgan fingerprint density at radius 1 is 0.441 bits per heavy atom. The number of benzene rings is 5. The first-order chi connectivity index (χ1) is 31.3. The van der Waals surface area contributed by atoms with Gasteiger partial charge in [-0.3, -0.25) is 0 Å². The lowest BCUT2D eigenvalue weighted by molar-refractivity contribution is -0.429. The summed E-state index contributed by atoms with van der Waals surface area (Å²) >= 11 is 0. The van der Waals surface area contributed by atoms with E-state index in [0.717, 1.165) is 21.5 Å². The van der Waals surface area contributed by atoms with E-state index in [1.807, 2.05) is 128 Å². The number of hydrogen-bond donors (Lipinski definition) is 0. The molecule has 0 aliphatic heterocycles. The first-order valence-electron chi connectivity index (χ1n) is 22.4. The Bertz CT molecular complexity index is 2400. The number of rotatable bonds is 15. The molecule has 0 saturated carbocycles. The number of halogens is 13. The SMILES string of the molecule is CC(C)[Si](C#Cc1c2cc3ccccc3cc2c(C#C[Si](CCCOC(F)(C(F)(F)F)C(F)(F)F)(C(C)C)C(C)C)c2cc3ccccc3cc12)(CCCOC(F)(C(C)(F)F)C(F)(F)F)C(C)C. The molecular weight excluding hydrogens is 948 g/mol. The zero-order chi connectivity index (χ0) is 51.1. The Kier molecular flexibility index (Phi) is 15.9. The van der Waals surface area contributed by atoms with Gasteiger partial charge in [-0.05, 0) is 114 Å². The fourth-order valence-electron chi connectivity index (χ4n) is 9.35. The Labute approximate surface area is 390 Å². The Morgan fingerprint density at radius 3 is 0.941 bits per heavy atom. The molecule has 1 unspecified atom stereocenters. The first kappa shape index (κ1) is 54.6. The molecule has 17 heteroatoms. The summed E-state index contributed by atoms with van der Waals surface area (Å²) in [5.74, 6) is -8.87. The second kappa shape index (κ2) is 19.8. The van der Waals surface area contributed by atoms with Crippen molar-refractivity contribution in [3.05, 3.63) is 83.9 Å². The highest BCUT2D eigenvalue weighted by molar-refractivity contribution is 6.90.